The minimum atomic E-state index is -3.05. The fourth-order valence-electron chi connectivity index (χ4n) is 3.03. The van der Waals surface area contributed by atoms with Gasteiger partial charge in [0.25, 0.3) is 0 Å². The predicted molar refractivity (Wildman–Crippen MR) is 88.2 cm³/mol. The van der Waals surface area contributed by atoms with E-state index >= 15 is 0 Å². The van der Waals surface area contributed by atoms with Crippen LogP contribution in [0.3, 0.4) is 0 Å². The van der Waals surface area contributed by atoms with Gasteiger partial charge in [0.1, 0.15) is 0 Å². The Morgan fingerprint density at radius 3 is 2.76 bits per heavy atom. The lowest BCUT2D eigenvalue weighted by molar-refractivity contribution is 0.408. The summed E-state index contributed by atoms with van der Waals surface area (Å²) in [6.45, 7) is 6.85. The topological polar surface area (TPSA) is 64.0 Å². The molecule has 0 aliphatic carbocycles. The molecule has 1 fully saturated rings. The maximum absolute atomic E-state index is 12.5. The van der Waals surface area contributed by atoms with Crippen molar-refractivity contribution >= 4 is 25.8 Å². The molecule has 1 aromatic heterocycles. The molecule has 0 aromatic carbocycles. The normalized spacial score (nSPS) is 23.4. The highest BCUT2D eigenvalue weighted by atomic mass is 79.9. The van der Waals surface area contributed by atoms with Crippen LogP contribution in [0.2, 0.25) is 0 Å². The van der Waals surface area contributed by atoms with Gasteiger partial charge in [0, 0.05) is 6.04 Å². The molecular weight excluding hydrogens is 354 g/mol. The van der Waals surface area contributed by atoms with Crippen molar-refractivity contribution in [2.75, 3.05) is 12.3 Å². The Bertz CT molecular complexity index is 583. The molecule has 5 nitrogen and oxygen atoms in total. The molecular formula is C14H24BrN3O2S. The van der Waals surface area contributed by atoms with Crippen molar-refractivity contribution in [2.24, 2.45) is 0 Å². The SMILES string of the molecule is CCNC(c1c(Br)cnn1C(C)C)C1CCCCS1(=O)=O. The van der Waals surface area contributed by atoms with Crippen LogP contribution in [0.5, 0.6) is 0 Å². The summed E-state index contributed by atoms with van der Waals surface area (Å²) in [5.41, 5.74) is 0.947. The summed E-state index contributed by atoms with van der Waals surface area (Å²) >= 11 is 3.54. The number of halogens is 1. The number of aromatic nitrogens is 2. The van der Waals surface area contributed by atoms with E-state index in [4.69, 9.17) is 0 Å². The standard InChI is InChI=1S/C14H24BrN3O2S/c1-4-16-13(12-7-5-6-8-21(12,19)20)14-11(15)9-17-18(14)10(2)3/h9-10,12-13,16H,4-8H2,1-3H3. The molecule has 1 aromatic rings. The highest BCUT2D eigenvalue weighted by Crippen LogP contribution is 2.35. The zero-order chi connectivity index (χ0) is 15.6. The molecule has 0 saturated carbocycles. The van der Waals surface area contributed by atoms with Crippen LogP contribution in [-0.2, 0) is 9.84 Å². The molecule has 0 radical (unpaired) electrons. The fraction of sp³-hybridized carbons (Fsp3) is 0.786. The van der Waals surface area contributed by atoms with Gasteiger partial charge in [0.2, 0.25) is 0 Å². The van der Waals surface area contributed by atoms with E-state index in [-0.39, 0.29) is 17.3 Å². The van der Waals surface area contributed by atoms with Crippen LogP contribution in [0.1, 0.15) is 57.8 Å². The Morgan fingerprint density at radius 1 is 1.48 bits per heavy atom. The highest BCUT2D eigenvalue weighted by Gasteiger charge is 2.38. The molecule has 0 amide bonds. The lowest BCUT2D eigenvalue weighted by Crippen LogP contribution is -2.42. The number of sulfone groups is 1. The lowest BCUT2D eigenvalue weighted by Gasteiger charge is -2.32. The van der Waals surface area contributed by atoms with Gasteiger partial charge in [-0.25, -0.2) is 8.42 Å². The van der Waals surface area contributed by atoms with Crippen molar-refractivity contribution in [2.45, 2.75) is 57.4 Å². The summed E-state index contributed by atoms with van der Waals surface area (Å²) in [7, 11) is -3.05. The summed E-state index contributed by atoms with van der Waals surface area (Å²) in [4.78, 5) is 0. The fourth-order valence-corrected chi connectivity index (χ4v) is 5.63. The van der Waals surface area contributed by atoms with Gasteiger partial charge in [0.15, 0.2) is 9.84 Å². The third kappa shape index (κ3) is 3.51. The maximum atomic E-state index is 12.5. The maximum Gasteiger partial charge on any atom is 0.155 e. The molecule has 2 unspecified atom stereocenters. The van der Waals surface area contributed by atoms with E-state index in [1.54, 1.807) is 6.20 Å². The quantitative estimate of drug-likeness (QED) is 0.856. The molecule has 2 rings (SSSR count). The third-order valence-corrected chi connectivity index (χ3v) is 6.89. The number of nitrogens with one attached hydrogen (secondary N) is 1. The van der Waals surface area contributed by atoms with Crippen molar-refractivity contribution in [3.8, 4) is 0 Å². The van der Waals surface area contributed by atoms with E-state index in [0.717, 1.165) is 36.0 Å². The number of rotatable bonds is 5. The molecule has 2 atom stereocenters. The molecule has 120 valence electrons. The average Bonchev–Trinajstić information content (AvgIpc) is 2.78. The van der Waals surface area contributed by atoms with E-state index in [1.165, 1.54) is 0 Å². The first-order valence-electron chi connectivity index (χ1n) is 7.56. The molecule has 1 N–H and O–H groups in total. The van der Waals surface area contributed by atoms with Gasteiger partial charge in [-0.05, 0) is 49.2 Å². The Balaban J connectivity index is 2.46. The molecule has 1 aliphatic rings. The molecule has 7 heteroatoms. The first-order chi connectivity index (χ1) is 9.88. The van der Waals surface area contributed by atoms with Crippen LogP contribution in [0.4, 0.5) is 0 Å². The summed E-state index contributed by atoms with van der Waals surface area (Å²) in [6.07, 6.45) is 4.23. The van der Waals surface area contributed by atoms with Crippen molar-refractivity contribution < 1.29 is 8.42 Å². The second-order valence-electron chi connectivity index (χ2n) is 5.85. The van der Waals surface area contributed by atoms with E-state index < -0.39 is 9.84 Å². The number of hydrogen-bond acceptors (Lipinski definition) is 4. The van der Waals surface area contributed by atoms with Crippen molar-refractivity contribution in [3.63, 3.8) is 0 Å². The summed E-state index contributed by atoms with van der Waals surface area (Å²) in [6, 6.07) is -0.0154. The van der Waals surface area contributed by atoms with Crippen LogP contribution in [0.15, 0.2) is 10.7 Å². The van der Waals surface area contributed by atoms with Crippen LogP contribution in [-0.4, -0.2) is 35.7 Å². The van der Waals surface area contributed by atoms with Crippen molar-refractivity contribution in [1.29, 1.82) is 0 Å². The molecule has 1 saturated heterocycles. The minimum absolute atomic E-state index is 0.193. The van der Waals surface area contributed by atoms with Gasteiger partial charge in [-0.1, -0.05) is 13.3 Å². The second-order valence-corrected chi connectivity index (χ2v) is 9.05. The largest absolute Gasteiger partial charge is 0.308 e. The number of nitrogens with zero attached hydrogens (tertiary/aromatic N) is 2. The molecule has 1 aliphatic heterocycles. The Morgan fingerprint density at radius 2 is 2.19 bits per heavy atom. The lowest BCUT2D eigenvalue weighted by atomic mass is 10.0. The molecule has 21 heavy (non-hydrogen) atoms. The minimum Gasteiger partial charge on any atom is -0.308 e. The van der Waals surface area contributed by atoms with E-state index in [1.807, 2.05) is 11.6 Å². The molecule has 0 bridgehead atoms. The Hall–Kier alpha value is -0.400. The predicted octanol–water partition coefficient (Wildman–Crippen LogP) is 2.84. The molecule has 0 spiro atoms. The Labute approximate surface area is 135 Å². The zero-order valence-electron chi connectivity index (χ0n) is 12.8. The van der Waals surface area contributed by atoms with Crippen molar-refractivity contribution in [3.05, 3.63) is 16.4 Å². The van der Waals surface area contributed by atoms with Crippen LogP contribution in [0.25, 0.3) is 0 Å². The monoisotopic (exact) mass is 377 g/mol. The molecule has 2 heterocycles. The van der Waals surface area contributed by atoms with Gasteiger partial charge in [0.05, 0.1) is 33.4 Å². The van der Waals surface area contributed by atoms with E-state index in [9.17, 15) is 8.42 Å². The summed E-state index contributed by atoms with van der Waals surface area (Å²) in [5, 5.41) is 7.41. The average molecular weight is 378 g/mol. The highest BCUT2D eigenvalue weighted by molar-refractivity contribution is 9.10. The van der Waals surface area contributed by atoms with Crippen LogP contribution >= 0.6 is 15.9 Å². The first kappa shape index (κ1) is 17.0. The second kappa shape index (κ2) is 6.79. The van der Waals surface area contributed by atoms with E-state index in [0.29, 0.717) is 5.75 Å². The Kier molecular flexibility index (Phi) is 5.48. The van der Waals surface area contributed by atoms with Crippen molar-refractivity contribution in [1.82, 2.24) is 15.1 Å². The van der Waals surface area contributed by atoms with Crippen LogP contribution in [0, 0.1) is 0 Å². The van der Waals surface area contributed by atoms with Gasteiger partial charge < -0.3 is 5.32 Å². The van der Waals surface area contributed by atoms with Gasteiger partial charge >= 0.3 is 0 Å². The summed E-state index contributed by atoms with van der Waals surface area (Å²) in [5.74, 6) is 0.299. The third-order valence-electron chi connectivity index (χ3n) is 4.00. The van der Waals surface area contributed by atoms with Gasteiger partial charge in [-0.2, -0.15) is 5.10 Å². The summed E-state index contributed by atoms with van der Waals surface area (Å²) < 4.78 is 27.8. The van der Waals surface area contributed by atoms with Gasteiger partial charge in [-0.3, -0.25) is 4.68 Å². The van der Waals surface area contributed by atoms with Crippen LogP contribution < -0.4 is 5.32 Å². The van der Waals surface area contributed by atoms with Gasteiger partial charge in [-0.15, -0.1) is 0 Å². The zero-order valence-corrected chi connectivity index (χ0v) is 15.2. The number of hydrogen-bond donors (Lipinski definition) is 1. The first-order valence-corrected chi connectivity index (χ1v) is 10.1. The smallest absolute Gasteiger partial charge is 0.155 e. The van der Waals surface area contributed by atoms with E-state index in [2.05, 4.69) is 40.2 Å².